The highest BCUT2D eigenvalue weighted by atomic mass is 19.4. The van der Waals surface area contributed by atoms with Gasteiger partial charge in [0, 0.05) is 20.1 Å². The molecule has 0 amide bonds. The van der Waals surface area contributed by atoms with Gasteiger partial charge < -0.3 is 19.5 Å². The van der Waals surface area contributed by atoms with Crippen LogP contribution in [0.3, 0.4) is 0 Å². The maximum Gasteiger partial charge on any atom is 0.573 e. The van der Waals surface area contributed by atoms with Gasteiger partial charge in [0.25, 0.3) is 0 Å². The summed E-state index contributed by atoms with van der Waals surface area (Å²) in [6, 6.07) is 4.71. The van der Waals surface area contributed by atoms with E-state index in [1.807, 2.05) is 0 Å². The van der Waals surface area contributed by atoms with Gasteiger partial charge in [-0.3, -0.25) is 0 Å². The lowest BCUT2D eigenvalue weighted by atomic mass is 9.90. The molecule has 0 atom stereocenters. The maximum atomic E-state index is 12.5. The number of methoxy groups -OCH3 is 1. The molecule has 23 heavy (non-hydrogen) atoms. The Morgan fingerprint density at radius 1 is 1.13 bits per heavy atom. The van der Waals surface area contributed by atoms with Gasteiger partial charge in [0.15, 0.2) is 11.5 Å². The third-order valence-electron chi connectivity index (χ3n) is 3.75. The summed E-state index contributed by atoms with van der Waals surface area (Å²) in [6.07, 6.45) is -2.22. The van der Waals surface area contributed by atoms with Crippen LogP contribution >= 0.6 is 0 Å². The molecule has 1 aromatic rings. The fourth-order valence-corrected chi connectivity index (χ4v) is 2.64. The molecule has 1 N–H and O–H groups in total. The molecule has 0 aromatic heterocycles. The summed E-state index contributed by atoms with van der Waals surface area (Å²) in [4.78, 5) is 0. The van der Waals surface area contributed by atoms with Gasteiger partial charge in [-0.25, -0.2) is 0 Å². The molecular weight excluding hydrogens is 311 g/mol. The van der Waals surface area contributed by atoms with E-state index in [9.17, 15) is 13.2 Å². The predicted molar refractivity (Wildman–Crippen MR) is 80.0 cm³/mol. The summed E-state index contributed by atoms with van der Waals surface area (Å²) in [5.41, 5.74) is 0.989. The smallest absolute Gasteiger partial charge is 0.490 e. The van der Waals surface area contributed by atoms with Crippen molar-refractivity contribution in [3.05, 3.63) is 23.8 Å². The number of piperidine rings is 1. The van der Waals surface area contributed by atoms with E-state index in [1.54, 1.807) is 19.2 Å². The van der Waals surface area contributed by atoms with Crippen molar-refractivity contribution in [2.24, 2.45) is 0 Å². The van der Waals surface area contributed by atoms with Crippen LogP contribution in [0.15, 0.2) is 18.2 Å². The van der Waals surface area contributed by atoms with Crippen molar-refractivity contribution < 1.29 is 27.4 Å². The van der Waals surface area contributed by atoms with Gasteiger partial charge in [-0.05, 0) is 49.5 Å². The van der Waals surface area contributed by atoms with Crippen molar-refractivity contribution in [1.82, 2.24) is 5.32 Å². The van der Waals surface area contributed by atoms with Crippen LogP contribution in [-0.2, 0) is 4.74 Å². The molecular formula is C16H22F3NO3. The minimum atomic E-state index is -4.74. The third-order valence-corrected chi connectivity index (χ3v) is 3.75. The van der Waals surface area contributed by atoms with E-state index < -0.39 is 6.36 Å². The van der Waals surface area contributed by atoms with Gasteiger partial charge in [-0.1, -0.05) is 6.07 Å². The Morgan fingerprint density at radius 2 is 1.87 bits per heavy atom. The van der Waals surface area contributed by atoms with Crippen molar-refractivity contribution in [1.29, 1.82) is 0 Å². The highest BCUT2D eigenvalue weighted by molar-refractivity contribution is 5.44. The summed E-state index contributed by atoms with van der Waals surface area (Å²) in [7, 11) is 1.57. The predicted octanol–water partition coefficient (Wildman–Crippen LogP) is 3.47. The quantitative estimate of drug-likeness (QED) is 0.776. The van der Waals surface area contributed by atoms with Gasteiger partial charge in [0.2, 0.25) is 0 Å². The first-order valence-electron chi connectivity index (χ1n) is 7.72. The second-order valence-electron chi connectivity index (χ2n) is 5.47. The number of hydrogen-bond donors (Lipinski definition) is 1. The third kappa shape index (κ3) is 5.91. The molecule has 0 saturated carbocycles. The van der Waals surface area contributed by atoms with E-state index >= 15 is 0 Å². The van der Waals surface area contributed by atoms with Gasteiger partial charge in [-0.2, -0.15) is 0 Å². The largest absolute Gasteiger partial charge is 0.573 e. The molecule has 1 fully saturated rings. The Morgan fingerprint density at radius 3 is 2.52 bits per heavy atom. The molecule has 0 aliphatic carbocycles. The Labute approximate surface area is 133 Å². The number of halogens is 3. The highest BCUT2D eigenvalue weighted by Crippen LogP contribution is 2.36. The van der Waals surface area contributed by atoms with Gasteiger partial charge in [0.05, 0.1) is 6.61 Å². The van der Waals surface area contributed by atoms with E-state index in [-0.39, 0.29) is 18.1 Å². The lowest BCUT2D eigenvalue weighted by molar-refractivity contribution is -0.275. The number of alkyl halides is 3. The lowest BCUT2D eigenvalue weighted by Gasteiger charge is -2.24. The number of rotatable bonds is 7. The van der Waals surface area contributed by atoms with Crippen molar-refractivity contribution in [3.8, 4) is 11.5 Å². The summed E-state index contributed by atoms with van der Waals surface area (Å²) in [5.74, 6) is 0.166. The summed E-state index contributed by atoms with van der Waals surface area (Å²) in [6.45, 7) is 2.59. The van der Waals surface area contributed by atoms with Crippen LogP contribution in [0.5, 0.6) is 11.5 Å². The fourth-order valence-electron chi connectivity index (χ4n) is 2.64. The standard InChI is InChI=1S/C16H22F3NO3/c1-21-9-2-10-22-15-11-13(12-5-7-20-8-6-12)3-4-14(15)23-16(17,18)19/h3-4,11-12,20H,2,5-10H2,1H3. The minimum absolute atomic E-state index is 0.134. The molecule has 1 heterocycles. The molecule has 0 unspecified atom stereocenters. The van der Waals surface area contributed by atoms with Crippen molar-refractivity contribution in [3.63, 3.8) is 0 Å². The number of ether oxygens (including phenoxy) is 3. The van der Waals surface area contributed by atoms with Crippen molar-refractivity contribution in [2.75, 3.05) is 33.4 Å². The molecule has 7 heteroatoms. The first-order valence-corrected chi connectivity index (χ1v) is 7.72. The molecule has 1 aliphatic heterocycles. The molecule has 0 bridgehead atoms. The Balaban J connectivity index is 2.13. The first kappa shape index (κ1) is 17.9. The minimum Gasteiger partial charge on any atom is -0.490 e. The van der Waals surface area contributed by atoms with E-state index in [2.05, 4.69) is 10.1 Å². The van der Waals surface area contributed by atoms with Gasteiger partial charge in [0.1, 0.15) is 0 Å². The molecule has 1 aliphatic rings. The average Bonchev–Trinajstić information content (AvgIpc) is 2.52. The Hall–Kier alpha value is -1.47. The summed E-state index contributed by atoms with van der Waals surface area (Å²) < 4.78 is 52.0. The molecule has 1 aromatic carbocycles. The molecule has 130 valence electrons. The zero-order valence-corrected chi connectivity index (χ0v) is 13.1. The topological polar surface area (TPSA) is 39.7 Å². The van der Waals surface area contributed by atoms with Crippen LogP contribution < -0.4 is 14.8 Å². The van der Waals surface area contributed by atoms with E-state index in [1.165, 1.54) is 6.07 Å². The second-order valence-corrected chi connectivity index (χ2v) is 5.47. The van der Waals surface area contributed by atoms with Crippen molar-refractivity contribution >= 4 is 0 Å². The highest BCUT2D eigenvalue weighted by Gasteiger charge is 2.32. The first-order chi connectivity index (χ1) is 11.0. The summed E-state index contributed by atoms with van der Waals surface area (Å²) >= 11 is 0. The lowest BCUT2D eigenvalue weighted by Crippen LogP contribution is -2.26. The molecule has 0 radical (unpaired) electrons. The van der Waals surface area contributed by atoms with Gasteiger partial charge >= 0.3 is 6.36 Å². The Kier molecular flexibility index (Phi) is 6.53. The van der Waals surface area contributed by atoms with Crippen LogP contribution in [0, 0.1) is 0 Å². The fraction of sp³-hybridized carbons (Fsp3) is 0.625. The van der Waals surface area contributed by atoms with Crippen LogP contribution in [0.4, 0.5) is 13.2 Å². The SMILES string of the molecule is COCCCOc1cc(C2CCNCC2)ccc1OC(F)(F)F. The van der Waals surface area contributed by atoms with Crippen LogP contribution in [0.1, 0.15) is 30.7 Å². The monoisotopic (exact) mass is 333 g/mol. The molecule has 2 rings (SSSR count). The van der Waals surface area contributed by atoms with E-state index in [4.69, 9.17) is 9.47 Å². The Bertz CT molecular complexity index is 488. The molecule has 0 spiro atoms. The van der Waals surface area contributed by atoms with Crippen LogP contribution in [0.2, 0.25) is 0 Å². The van der Waals surface area contributed by atoms with Crippen LogP contribution in [-0.4, -0.2) is 39.8 Å². The van der Waals surface area contributed by atoms with Crippen LogP contribution in [0.25, 0.3) is 0 Å². The zero-order valence-electron chi connectivity index (χ0n) is 13.1. The number of hydrogen-bond acceptors (Lipinski definition) is 4. The normalized spacial score (nSPS) is 16.3. The number of nitrogens with one attached hydrogen (secondary N) is 1. The zero-order chi connectivity index (χ0) is 16.7. The second kappa shape index (κ2) is 8.40. The molecule has 1 saturated heterocycles. The maximum absolute atomic E-state index is 12.5. The van der Waals surface area contributed by atoms with Gasteiger partial charge in [-0.15, -0.1) is 13.2 Å². The average molecular weight is 333 g/mol. The van der Waals surface area contributed by atoms with E-state index in [0.717, 1.165) is 31.5 Å². The number of benzene rings is 1. The van der Waals surface area contributed by atoms with E-state index in [0.29, 0.717) is 18.9 Å². The summed E-state index contributed by atoms with van der Waals surface area (Å²) in [5, 5.41) is 3.27. The molecule has 4 nitrogen and oxygen atoms in total. The van der Waals surface area contributed by atoms with Crippen molar-refractivity contribution in [2.45, 2.75) is 31.5 Å².